The molecule has 84 valence electrons. The van der Waals surface area contributed by atoms with Gasteiger partial charge in [-0.25, -0.2) is 0 Å². The summed E-state index contributed by atoms with van der Waals surface area (Å²) in [6.07, 6.45) is 1.47. The molecule has 0 saturated heterocycles. The normalized spacial score (nSPS) is 11.9. The molecule has 0 aromatic heterocycles. The van der Waals surface area contributed by atoms with E-state index in [1.54, 1.807) is 4.90 Å². The summed E-state index contributed by atoms with van der Waals surface area (Å²) in [5.41, 5.74) is 5.38. The first kappa shape index (κ1) is 13.4. The number of carbonyl (C=O) groups excluding carboxylic acids is 1. The Bertz CT molecular complexity index is 182. The van der Waals surface area contributed by atoms with Gasteiger partial charge < -0.3 is 10.6 Å². The van der Waals surface area contributed by atoms with Gasteiger partial charge in [0.05, 0.1) is 0 Å². The first-order valence-electron chi connectivity index (χ1n) is 5.25. The molecule has 14 heavy (non-hydrogen) atoms. The van der Waals surface area contributed by atoms with Crippen molar-refractivity contribution in [3.63, 3.8) is 0 Å². The second-order valence-electron chi connectivity index (χ2n) is 5.16. The highest BCUT2D eigenvalue weighted by atomic mass is 16.2. The number of nitrogens with zero attached hydrogens (tertiary/aromatic N) is 1. The molecule has 0 atom stereocenters. The van der Waals surface area contributed by atoms with Gasteiger partial charge in [-0.15, -0.1) is 0 Å². The number of carbonyl (C=O) groups is 1. The highest BCUT2D eigenvalue weighted by Crippen LogP contribution is 2.07. The largest absolute Gasteiger partial charge is 0.346 e. The molecule has 0 saturated carbocycles. The molecule has 0 aromatic carbocycles. The van der Waals surface area contributed by atoms with E-state index < -0.39 is 5.54 Å². The Morgan fingerprint density at radius 2 is 1.93 bits per heavy atom. The lowest BCUT2D eigenvalue weighted by Crippen LogP contribution is -2.40. The number of hydrogen-bond donors (Lipinski definition) is 1. The van der Waals surface area contributed by atoms with Crippen LogP contribution in [-0.2, 0) is 4.79 Å². The van der Waals surface area contributed by atoms with Crippen LogP contribution in [0.25, 0.3) is 0 Å². The molecule has 0 bridgehead atoms. The summed E-state index contributed by atoms with van der Waals surface area (Å²) in [6, 6.07) is 0. The summed E-state index contributed by atoms with van der Waals surface area (Å²) >= 11 is 0. The summed E-state index contributed by atoms with van der Waals surface area (Å²) in [5.74, 6) is 0.772. The van der Waals surface area contributed by atoms with Crippen molar-refractivity contribution in [2.24, 2.45) is 11.7 Å². The minimum atomic E-state index is -0.400. The van der Waals surface area contributed by atoms with Gasteiger partial charge in [0, 0.05) is 25.6 Å². The van der Waals surface area contributed by atoms with E-state index in [9.17, 15) is 4.79 Å². The summed E-state index contributed by atoms with van der Waals surface area (Å²) in [7, 11) is 1.84. The number of hydrogen-bond acceptors (Lipinski definition) is 2. The summed E-state index contributed by atoms with van der Waals surface area (Å²) < 4.78 is 0. The minimum Gasteiger partial charge on any atom is -0.346 e. The van der Waals surface area contributed by atoms with Gasteiger partial charge in [-0.1, -0.05) is 13.8 Å². The Labute approximate surface area is 87.6 Å². The zero-order chi connectivity index (χ0) is 11.4. The standard InChI is InChI=1S/C11H24N2O/c1-9(2)6-7-13(5)10(14)8-11(3,4)12/h9H,6-8,12H2,1-5H3. The average Bonchev–Trinajstić information content (AvgIpc) is 1.96. The molecule has 0 rings (SSSR count). The highest BCUT2D eigenvalue weighted by Gasteiger charge is 2.19. The monoisotopic (exact) mass is 200 g/mol. The molecule has 0 aromatic rings. The molecule has 3 nitrogen and oxygen atoms in total. The van der Waals surface area contributed by atoms with Gasteiger partial charge in [0.15, 0.2) is 0 Å². The van der Waals surface area contributed by atoms with Gasteiger partial charge in [0.2, 0.25) is 5.91 Å². The average molecular weight is 200 g/mol. The Balaban J connectivity index is 3.88. The van der Waals surface area contributed by atoms with E-state index >= 15 is 0 Å². The van der Waals surface area contributed by atoms with E-state index in [1.165, 1.54) is 0 Å². The zero-order valence-corrected chi connectivity index (χ0v) is 10.1. The fourth-order valence-electron chi connectivity index (χ4n) is 1.10. The molecule has 0 aliphatic rings. The maximum Gasteiger partial charge on any atom is 0.224 e. The van der Waals surface area contributed by atoms with Crippen LogP contribution in [0, 0.1) is 5.92 Å². The van der Waals surface area contributed by atoms with Gasteiger partial charge in [-0.2, -0.15) is 0 Å². The van der Waals surface area contributed by atoms with Gasteiger partial charge >= 0.3 is 0 Å². The number of rotatable bonds is 5. The Morgan fingerprint density at radius 3 is 2.29 bits per heavy atom. The predicted molar refractivity (Wildman–Crippen MR) is 60.0 cm³/mol. The SMILES string of the molecule is CC(C)CCN(C)C(=O)CC(C)(C)N. The second kappa shape index (κ2) is 5.35. The quantitative estimate of drug-likeness (QED) is 0.733. The lowest BCUT2D eigenvalue weighted by Gasteiger charge is -2.23. The van der Waals surface area contributed by atoms with Gasteiger partial charge in [-0.05, 0) is 26.2 Å². The molecule has 0 fully saturated rings. The Kier molecular flexibility index (Phi) is 5.13. The third kappa shape index (κ3) is 6.89. The lowest BCUT2D eigenvalue weighted by molar-refractivity contribution is -0.131. The van der Waals surface area contributed by atoms with Crippen molar-refractivity contribution in [1.82, 2.24) is 4.90 Å². The van der Waals surface area contributed by atoms with Crippen molar-refractivity contribution in [2.75, 3.05) is 13.6 Å². The Morgan fingerprint density at radius 1 is 1.43 bits per heavy atom. The summed E-state index contributed by atoms with van der Waals surface area (Å²) in [6.45, 7) is 8.89. The molecule has 0 heterocycles. The lowest BCUT2D eigenvalue weighted by atomic mass is 10.0. The Hall–Kier alpha value is -0.570. The van der Waals surface area contributed by atoms with E-state index in [1.807, 2.05) is 20.9 Å². The van der Waals surface area contributed by atoms with Gasteiger partial charge in [-0.3, -0.25) is 4.79 Å². The maximum absolute atomic E-state index is 11.6. The molecule has 2 N–H and O–H groups in total. The molecular formula is C11H24N2O. The topological polar surface area (TPSA) is 46.3 Å². The molecule has 0 aliphatic carbocycles. The maximum atomic E-state index is 11.6. The first-order valence-corrected chi connectivity index (χ1v) is 5.25. The molecule has 0 spiro atoms. The highest BCUT2D eigenvalue weighted by molar-refractivity contribution is 5.76. The van der Waals surface area contributed by atoms with Crippen LogP contribution in [0.1, 0.15) is 40.5 Å². The van der Waals surface area contributed by atoms with E-state index in [0.29, 0.717) is 12.3 Å². The minimum absolute atomic E-state index is 0.137. The van der Waals surface area contributed by atoms with Crippen LogP contribution < -0.4 is 5.73 Å². The van der Waals surface area contributed by atoms with E-state index in [0.717, 1.165) is 13.0 Å². The van der Waals surface area contributed by atoms with Crippen LogP contribution in [-0.4, -0.2) is 29.9 Å². The molecular weight excluding hydrogens is 176 g/mol. The second-order valence-corrected chi connectivity index (χ2v) is 5.16. The van der Waals surface area contributed by atoms with Crippen LogP contribution in [0.3, 0.4) is 0 Å². The summed E-state index contributed by atoms with van der Waals surface area (Å²) in [5, 5.41) is 0. The fourth-order valence-corrected chi connectivity index (χ4v) is 1.10. The van der Waals surface area contributed by atoms with Crippen LogP contribution in [0.15, 0.2) is 0 Å². The van der Waals surface area contributed by atoms with E-state index in [2.05, 4.69) is 13.8 Å². The molecule has 0 aliphatic heterocycles. The van der Waals surface area contributed by atoms with Crippen LogP contribution in [0.2, 0.25) is 0 Å². The third-order valence-electron chi connectivity index (χ3n) is 2.07. The third-order valence-corrected chi connectivity index (χ3v) is 2.07. The molecule has 3 heteroatoms. The number of amides is 1. The molecule has 0 radical (unpaired) electrons. The summed E-state index contributed by atoms with van der Waals surface area (Å²) in [4.78, 5) is 13.4. The van der Waals surface area contributed by atoms with Crippen molar-refractivity contribution in [3.05, 3.63) is 0 Å². The van der Waals surface area contributed by atoms with Crippen LogP contribution in [0.5, 0.6) is 0 Å². The molecule has 0 unspecified atom stereocenters. The van der Waals surface area contributed by atoms with Crippen molar-refractivity contribution in [1.29, 1.82) is 0 Å². The number of nitrogens with two attached hydrogens (primary N) is 1. The predicted octanol–water partition coefficient (Wildman–Crippen LogP) is 1.62. The van der Waals surface area contributed by atoms with Crippen LogP contribution in [0.4, 0.5) is 0 Å². The first-order chi connectivity index (χ1) is 6.22. The van der Waals surface area contributed by atoms with E-state index in [4.69, 9.17) is 5.73 Å². The van der Waals surface area contributed by atoms with E-state index in [-0.39, 0.29) is 5.91 Å². The van der Waals surface area contributed by atoms with Crippen molar-refractivity contribution in [2.45, 2.75) is 46.1 Å². The van der Waals surface area contributed by atoms with Crippen molar-refractivity contribution in [3.8, 4) is 0 Å². The smallest absolute Gasteiger partial charge is 0.224 e. The van der Waals surface area contributed by atoms with Gasteiger partial charge in [0.1, 0.15) is 0 Å². The zero-order valence-electron chi connectivity index (χ0n) is 10.1. The van der Waals surface area contributed by atoms with Crippen molar-refractivity contribution < 1.29 is 4.79 Å². The van der Waals surface area contributed by atoms with Gasteiger partial charge in [0.25, 0.3) is 0 Å². The molecule has 1 amide bonds. The van der Waals surface area contributed by atoms with Crippen molar-refractivity contribution >= 4 is 5.91 Å². The fraction of sp³-hybridized carbons (Fsp3) is 0.909. The van der Waals surface area contributed by atoms with Crippen LogP contribution >= 0.6 is 0 Å².